The van der Waals surface area contributed by atoms with Crippen molar-refractivity contribution in [3.05, 3.63) is 0 Å². The zero-order valence-electron chi connectivity index (χ0n) is 10.7. The van der Waals surface area contributed by atoms with Gasteiger partial charge in [-0.3, -0.25) is 0 Å². The van der Waals surface area contributed by atoms with Gasteiger partial charge in [0.25, 0.3) is 0 Å². The third-order valence-corrected chi connectivity index (χ3v) is 3.42. The van der Waals surface area contributed by atoms with Crippen molar-refractivity contribution in [2.45, 2.75) is 46.1 Å². The Morgan fingerprint density at radius 3 is 2.13 bits per heavy atom. The largest absolute Gasteiger partial charge is 0.389 e. The van der Waals surface area contributed by atoms with Crippen LogP contribution >= 0.6 is 0 Å². The van der Waals surface area contributed by atoms with E-state index in [-0.39, 0.29) is 0 Å². The van der Waals surface area contributed by atoms with Gasteiger partial charge in [0.05, 0.1) is 5.60 Å². The van der Waals surface area contributed by atoms with Crippen LogP contribution in [0, 0.1) is 11.8 Å². The van der Waals surface area contributed by atoms with Gasteiger partial charge < -0.3 is 16.2 Å². The average molecular weight is 216 g/mol. The van der Waals surface area contributed by atoms with E-state index in [9.17, 15) is 5.11 Å². The molecule has 0 heterocycles. The summed E-state index contributed by atoms with van der Waals surface area (Å²) in [4.78, 5) is 0. The highest BCUT2D eigenvalue weighted by molar-refractivity contribution is 4.78. The lowest BCUT2D eigenvalue weighted by Crippen LogP contribution is -2.42. The highest BCUT2D eigenvalue weighted by Gasteiger charge is 2.22. The predicted octanol–water partition coefficient (Wildman–Crippen LogP) is 1.36. The van der Waals surface area contributed by atoms with Gasteiger partial charge in [-0.05, 0) is 37.8 Å². The highest BCUT2D eigenvalue weighted by Crippen LogP contribution is 2.13. The van der Waals surface area contributed by atoms with Crippen molar-refractivity contribution in [1.29, 1.82) is 0 Å². The second kappa shape index (κ2) is 7.20. The van der Waals surface area contributed by atoms with Crippen molar-refractivity contribution in [3.8, 4) is 0 Å². The summed E-state index contributed by atoms with van der Waals surface area (Å²) in [6, 6.07) is 0. The number of aliphatic hydroxyl groups is 1. The number of hydrogen-bond acceptors (Lipinski definition) is 3. The molecule has 0 rings (SSSR count). The fraction of sp³-hybridized carbons (Fsp3) is 1.00. The molecule has 0 fully saturated rings. The quantitative estimate of drug-likeness (QED) is 0.574. The van der Waals surface area contributed by atoms with E-state index in [2.05, 4.69) is 19.2 Å². The fourth-order valence-corrected chi connectivity index (χ4v) is 1.58. The molecule has 0 aromatic carbocycles. The van der Waals surface area contributed by atoms with E-state index in [0.29, 0.717) is 24.9 Å². The topological polar surface area (TPSA) is 58.3 Å². The van der Waals surface area contributed by atoms with Crippen molar-refractivity contribution in [3.63, 3.8) is 0 Å². The van der Waals surface area contributed by atoms with E-state index < -0.39 is 5.60 Å². The van der Waals surface area contributed by atoms with Crippen molar-refractivity contribution in [1.82, 2.24) is 5.32 Å². The Bertz CT molecular complexity index is 156. The molecule has 0 aromatic rings. The number of rotatable bonds is 8. The second-order valence-corrected chi connectivity index (χ2v) is 4.80. The van der Waals surface area contributed by atoms with Crippen LogP contribution in [0.4, 0.5) is 0 Å². The van der Waals surface area contributed by atoms with Crippen LogP contribution in [-0.2, 0) is 0 Å². The fourth-order valence-electron chi connectivity index (χ4n) is 1.58. The first-order chi connectivity index (χ1) is 6.99. The molecule has 92 valence electrons. The van der Waals surface area contributed by atoms with E-state index in [1.807, 2.05) is 13.8 Å². The minimum atomic E-state index is -0.546. The summed E-state index contributed by atoms with van der Waals surface area (Å²) in [5.74, 6) is 1.10. The van der Waals surface area contributed by atoms with Crippen LogP contribution in [0.3, 0.4) is 0 Å². The monoisotopic (exact) mass is 216 g/mol. The average Bonchev–Trinajstić information content (AvgIpc) is 2.23. The third kappa shape index (κ3) is 5.50. The molecule has 0 spiro atoms. The molecular formula is C12H28N2O. The lowest BCUT2D eigenvalue weighted by molar-refractivity contribution is 0.0314. The van der Waals surface area contributed by atoms with E-state index in [4.69, 9.17) is 5.73 Å². The third-order valence-electron chi connectivity index (χ3n) is 3.42. The van der Waals surface area contributed by atoms with Crippen molar-refractivity contribution < 1.29 is 5.11 Å². The molecule has 0 amide bonds. The molecule has 4 N–H and O–H groups in total. The van der Waals surface area contributed by atoms with Gasteiger partial charge in [-0.1, -0.05) is 27.7 Å². The summed E-state index contributed by atoms with van der Waals surface area (Å²) in [6.45, 7) is 10.7. The van der Waals surface area contributed by atoms with Gasteiger partial charge in [-0.15, -0.1) is 0 Å². The van der Waals surface area contributed by atoms with Crippen LogP contribution in [0.15, 0.2) is 0 Å². The maximum atomic E-state index is 10.1. The number of hydrogen-bond donors (Lipinski definition) is 3. The molecule has 0 saturated heterocycles. The molecule has 0 aliphatic rings. The standard InChI is InChI=1S/C12H28N2O/c1-5-12(15,6-2)9-14-8-11(7-13)10(3)4/h10-11,14-15H,5-9,13H2,1-4H3. The Balaban J connectivity index is 3.85. The zero-order chi connectivity index (χ0) is 11.9. The lowest BCUT2D eigenvalue weighted by atomic mass is 9.94. The van der Waals surface area contributed by atoms with Gasteiger partial charge in [0, 0.05) is 6.54 Å². The van der Waals surface area contributed by atoms with Crippen molar-refractivity contribution in [2.24, 2.45) is 17.6 Å². The van der Waals surface area contributed by atoms with Gasteiger partial charge >= 0.3 is 0 Å². The molecule has 0 aliphatic heterocycles. The van der Waals surface area contributed by atoms with Crippen LogP contribution in [0.1, 0.15) is 40.5 Å². The van der Waals surface area contributed by atoms with Crippen molar-refractivity contribution >= 4 is 0 Å². The SMILES string of the molecule is CCC(O)(CC)CNCC(CN)C(C)C. The Morgan fingerprint density at radius 1 is 1.27 bits per heavy atom. The Hall–Kier alpha value is -0.120. The van der Waals surface area contributed by atoms with E-state index in [0.717, 1.165) is 19.4 Å². The summed E-state index contributed by atoms with van der Waals surface area (Å²) in [6.07, 6.45) is 1.59. The molecule has 3 heteroatoms. The van der Waals surface area contributed by atoms with Crippen LogP contribution in [-0.4, -0.2) is 30.3 Å². The van der Waals surface area contributed by atoms with Gasteiger partial charge in [0.2, 0.25) is 0 Å². The van der Waals surface area contributed by atoms with E-state index >= 15 is 0 Å². The maximum absolute atomic E-state index is 10.1. The summed E-state index contributed by atoms with van der Waals surface area (Å²) >= 11 is 0. The lowest BCUT2D eigenvalue weighted by Gasteiger charge is -2.27. The molecule has 0 aliphatic carbocycles. The van der Waals surface area contributed by atoms with Gasteiger partial charge in [0.1, 0.15) is 0 Å². The summed E-state index contributed by atoms with van der Waals surface area (Å²) < 4.78 is 0. The smallest absolute Gasteiger partial charge is 0.0766 e. The number of nitrogens with two attached hydrogens (primary N) is 1. The zero-order valence-corrected chi connectivity index (χ0v) is 10.7. The molecule has 0 aromatic heterocycles. The molecule has 0 radical (unpaired) electrons. The predicted molar refractivity (Wildman–Crippen MR) is 65.8 cm³/mol. The van der Waals surface area contributed by atoms with Gasteiger partial charge in [0.15, 0.2) is 0 Å². The summed E-state index contributed by atoms with van der Waals surface area (Å²) in [5, 5.41) is 13.4. The van der Waals surface area contributed by atoms with Gasteiger partial charge in [-0.25, -0.2) is 0 Å². The number of nitrogens with one attached hydrogen (secondary N) is 1. The first-order valence-electron chi connectivity index (χ1n) is 6.12. The molecule has 3 nitrogen and oxygen atoms in total. The molecule has 1 atom stereocenters. The van der Waals surface area contributed by atoms with Crippen LogP contribution in [0.25, 0.3) is 0 Å². The maximum Gasteiger partial charge on any atom is 0.0766 e. The Labute approximate surface area is 94.4 Å². The summed E-state index contributed by atoms with van der Waals surface area (Å²) in [7, 11) is 0. The second-order valence-electron chi connectivity index (χ2n) is 4.80. The molecule has 1 unspecified atom stereocenters. The molecule has 0 bridgehead atoms. The first-order valence-corrected chi connectivity index (χ1v) is 6.12. The van der Waals surface area contributed by atoms with Crippen LogP contribution in [0.2, 0.25) is 0 Å². The van der Waals surface area contributed by atoms with Crippen molar-refractivity contribution in [2.75, 3.05) is 19.6 Å². The minimum absolute atomic E-state index is 0.503. The van der Waals surface area contributed by atoms with Gasteiger partial charge in [-0.2, -0.15) is 0 Å². The van der Waals surface area contributed by atoms with E-state index in [1.165, 1.54) is 0 Å². The first kappa shape index (κ1) is 14.9. The molecule has 15 heavy (non-hydrogen) atoms. The Morgan fingerprint density at radius 2 is 1.80 bits per heavy atom. The minimum Gasteiger partial charge on any atom is -0.389 e. The molecule has 0 saturated carbocycles. The van der Waals surface area contributed by atoms with Crippen LogP contribution < -0.4 is 11.1 Å². The Kier molecular flexibility index (Phi) is 7.14. The summed E-state index contributed by atoms with van der Waals surface area (Å²) in [5.41, 5.74) is 5.14. The highest BCUT2D eigenvalue weighted by atomic mass is 16.3. The van der Waals surface area contributed by atoms with Crippen LogP contribution in [0.5, 0.6) is 0 Å². The molecular weight excluding hydrogens is 188 g/mol. The normalized spacial score (nSPS) is 14.6. The van der Waals surface area contributed by atoms with E-state index in [1.54, 1.807) is 0 Å².